The molecule has 4 amide bonds. The van der Waals surface area contributed by atoms with E-state index in [9.17, 15) is 67.5 Å². The summed E-state index contributed by atoms with van der Waals surface area (Å²) in [5.74, 6) is -2.50. The smallest absolute Gasteiger partial charge is 0.305 e. The molecule has 0 spiro atoms. The van der Waals surface area contributed by atoms with E-state index in [0.29, 0.717) is 82.9 Å². The van der Waals surface area contributed by atoms with Crippen molar-refractivity contribution >= 4 is 125 Å². The number of nitrogens with one attached hydrogen (secondary N) is 4. The summed E-state index contributed by atoms with van der Waals surface area (Å²) in [6.45, 7) is 4.87. The Labute approximate surface area is 671 Å². The first-order valence-electron chi connectivity index (χ1n) is 35.2. The number of benzene rings is 10. The number of para-hydroxylation sites is 3. The molecule has 0 atom stereocenters. The van der Waals surface area contributed by atoms with Gasteiger partial charge in [-0.1, -0.05) is 132 Å². The van der Waals surface area contributed by atoms with Gasteiger partial charge in [0.25, 0.3) is 23.6 Å². The molecule has 0 bridgehead atoms. The van der Waals surface area contributed by atoms with Crippen molar-refractivity contribution in [3.05, 3.63) is 348 Å². The Morgan fingerprint density at radius 3 is 1.22 bits per heavy atom. The maximum Gasteiger partial charge on any atom is 0.416 e. The number of aromatic nitrogens is 11. The molecule has 592 valence electrons. The highest BCUT2D eigenvalue weighted by Crippen LogP contribution is 2.36. The number of thiazole rings is 1. The zero-order chi connectivity index (χ0) is 82.9. The minimum absolute atomic E-state index is 0.0831. The summed E-state index contributed by atoms with van der Waals surface area (Å²) in [7, 11) is 0. The van der Waals surface area contributed by atoms with E-state index in [4.69, 9.17) is 23.2 Å². The molecule has 0 radical (unpaired) electrons. The predicted octanol–water partition coefficient (Wildman–Crippen LogP) is 20.9. The lowest BCUT2D eigenvalue weighted by Gasteiger charge is -2.08. The molecule has 4 N–H and O–H groups in total. The van der Waals surface area contributed by atoms with E-state index in [-0.39, 0.29) is 60.2 Å². The lowest BCUT2D eigenvalue weighted by molar-refractivity contribution is -0.138. The van der Waals surface area contributed by atoms with E-state index >= 15 is 0 Å². The van der Waals surface area contributed by atoms with Crippen LogP contribution >= 0.6 is 34.5 Å². The van der Waals surface area contributed by atoms with Gasteiger partial charge in [-0.05, 0) is 176 Å². The molecule has 10 aromatic carbocycles. The SMILES string of the molecule is Cc1cccc(C(=O)Nc2nn(Cc3ccc(C(F)(F)F)cc3)c3ccccc23)c1.Cc1ncsc1C(=O)Nc1nn(Cc2ccc(C(F)(F)F)cc2)c2cccc(Cl)c12.O=C(Nc1nn(Cc2ccc(C(F)(F)F)cc2)c2ccccc12)c1ccc(F)c(F)c1.O=C(Nc1nn(Cc2ccc(Cl)cc2)c2ccccc12)c1cccnn1. The fraction of sp³-hybridized carbons (Fsp3) is 0.107. The van der Waals surface area contributed by atoms with Crippen LogP contribution in [0.3, 0.4) is 0 Å². The molecular formula is C84H60Cl2F11N15O4S. The van der Waals surface area contributed by atoms with Crippen LogP contribution in [-0.2, 0) is 44.7 Å². The van der Waals surface area contributed by atoms with Gasteiger partial charge >= 0.3 is 18.5 Å². The Morgan fingerprint density at radius 2 is 0.803 bits per heavy atom. The molecule has 0 unspecified atom stereocenters. The van der Waals surface area contributed by atoms with Gasteiger partial charge in [0.15, 0.2) is 40.6 Å². The molecule has 16 rings (SSSR count). The molecule has 0 saturated heterocycles. The molecule has 0 aliphatic carbocycles. The minimum Gasteiger partial charge on any atom is -0.305 e. The number of alkyl halides is 9. The molecule has 6 aromatic heterocycles. The third-order valence-corrected chi connectivity index (χ3v) is 19.4. The van der Waals surface area contributed by atoms with Crippen molar-refractivity contribution in [2.24, 2.45) is 0 Å². The number of fused-ring (bicyclic) bond motifs is 4. The fourth-order valence-electron chi connectivity index (χ4n) is 12.2. The summed E-state index contributed by atoms with van der Waals surface area (Å²) in [6, 6.07) is 62.8. The van der Waals surface area contributed by atoms with E-state index in [0.717, 1.165) is 87.5 Å². The first-order valence-corrected chi connectivity index (χ1v) is 36.8. The van der Waals surface area contributed by atoms with Crippen LogP contribution < -0.4 is 21.3 Å². The van der Waals surface area contributed by atoms with E-state index in [1.807, 2.05) is 96.5 Å². The van der Waals surface area contributed by atoms with Gasteiger partial charge in [0.2, 0.25) is 0 Å². The quantitative estimate of drug-likeness (QED) is 0.0665. The van der Waals surface area contributed by atoms with Gasteiger partial charge in [-0.15, -0.1) is 16.4 Å². The van der Waals surface area contributed by atoms with Crippen LogP contribution in [0.5, 0.6) is 0 Å². The number of nitrogens with zero attached hydrogens (tertiary/aromatic N) is 11. The van der Waals surface area contributed by atoms with Crippen molar-refractivity contribution in [2.45, 2.75) is 58.6 Å². The van der Waals surface area contributed by atoms with Crippen molar-refractivity contribution in [2.75, 3.05) is 21.3 Å². The highest BCUT2D eigenvalue weighted by Gasteiger charge is 2.33. The molecule has 0 fully saturated rings. The van der Waals surface area contributed by atoms with Crippen molar-refractivity contribution < 1.29 is 67.5 Å². The number of hydrogen-bond donors (Lipinski definition) is 4. The number of carbonyl (C=O) groups excluding carboxylic acids is 4. The summed E-state index contributed by atoms with van der Waals surface area (Å²) in [4.78, 5) is 54.6. The van der Waals surface area contributed by atoms with Gasteiger partial charge in [0, 0.05) is 38.5 Å². The summed E-state index contributed by atoms with van der Waals surface area (Å²) in [5, 5.41) is 40.3. The average Bonchev–Trinajstić information content (AvgIpc) is 1.66. The standard InChI is InChI=1S/C23H18F3N3O.C22H14F5N3O.C20H14ClF3N4OS.C19H14ClN5O/c1-15-5-4-6-17(13-15)22(30)27-21-19-7-2-3-8-20(19)29(28-21)14-16-9-11-18(12-10-16)23(24,25)26;23-17-10-7-14(11-18(17)24)21(31)28-20-16-3-1-2-4-19(16)30(29-20)12-13-5-8-15(9-6-13)22(25,26)27;1-11-17(30-10-25-11)19(29)26-18-16-14(21)3-2-4-15(16)28(27-18)9-12-5-7-13(8-6-12)20(22,23)24;20-14-9-7-13(8-10-14)12-25-17-6-2-1-4-15(17)18(24-25)22-19(26)16-5-3-11-21-23-16/h2-13H,14H2,1H3,(H,27,28,30);1-11H,12H2,(H,28,29,31);2-8,10H,9H2,1H3,(H,26,27,29);1-11H,12H2,(H,22,24,26). The highest BCUT2D eigenvalue weighted by molar-refractivity contribution is 7.12. The lowest BCUT2D eigenvalue weighted by Crippen LogP contribution is -2.15. The summed E-state index contributed by atoms with van der Waals surface area (Å²) < 4.78 is 148. The fourth-order valence-corrected chi connectivity index (χ4v) is 13.2. The Hall–Kier alpha value is -13.5. The number of aryl methyl sites for hydroxylation is 2. The van der Waals surface area contributed by atoms with Gasteiger partial charge in [0.1, 0.15) is 4.88 Å². The number of carbonyl (C=O) groups is 4. The summed E-state index contributed by atoms with van der Waals surface area (Å²) in [5.41, 5.74) is 7.63. The Bertz CT molecular complexity index is 6290. The Kier molecular flexibility index (Phi) is 24.4. The Morgan fingerprint density at radius 1 is 0.402 bits per heavy atom. The molecule has 0 aliphatic heterocycles. The second kappa shape index (κ2) is 35.1. The van der Waals surface area contributed by atoms with Crippen LogP contribution in [0.2, 0.25) is 10.0 Å². The first kappa shape index (κ1) is 81.5. The molecule has 0 saturated carbocycles. The van der Waals surface area contributed by atoms with Crippen molar-refractivity contribution in [3.63, 3.8) is 0 Å². The molecule has 0 aliphatic rings. The molecule has 19 nitrogen and oxygen atoms in total. The number of amides is 4. The maximum atomic E-state index is 13.4. The van der Waals surface area contributed by atoms with Crippen LogP contribution in [-0.4, -0.2) is 77.9 Å². The number of anilines is 4. The van der Waals surface area contributed by atoms with Gasteiger partial charge in [-0.2, -0.15) is 65.0 Å². The van der Waals surface area contributed by atoms with Crippen LogP contribution in [0.4, 0.5) is 71.6 Å². The van der Waals surface area contributed by atoms with E-state index in [1.54, 1.807) is 93.2 Å². The van der Waals surface area contributed by atoms with Gasteiger partial charge in [-0.3, -0.25) is 37.9 Å². The van der Waals surface area contributed by atoms with Gasteiger partial charge in [-0.25, -0.2) is 13.8 Å². The highest BCUT2D eigenvalue weighted by atomic mass is 35.5. The van der Waals surface area contributed by atoms with Crippen LogP contribution in [0, 0.1) is 25.5 Å². The third-order valence-electron chi connectivity index (χ3n) is 17.9. The first-order chi connectivity index (χ1) is 56.0. The molecule has 6 heterocycles. The van der Waals surface area contributed by atoms with Crippen molar-refractivity contribution in [1.29, 1.82) is 0 Å². The van der Waals surface area contributed by atoms with Crippen molar-refractivity contribution in [1.82, 2.24) is 54.3 Å². The molecule has 16 aromatic rings. The molecule has 33 heteroatoms. The van der Waals surface area contributed by atoms with Gasteiger partial charge in [0.05, 0.1) is 86.5 Å². The summed E-state index contributed by atoms with van der Waals surface area (Å²) in [6.07, 6.45) is -11.7. The van der Waals surface area contributed by atoms with E-state index < -0.39 is 52.8 Å². The van der Waals surface area contributed by atoms with Crippen LogP contribution in [0.1, 0.15) is 91.1 Å². The van der Waals surface area contributed by atoms with Gasteiger partial charge < -0.3 is 21.3 Å². The number of halogens is 13. The van der Waals surface area contributed by atoms with Crippen LogP contribution in [0.15, 0.2) is 254 Å². The van der Waals surface area contributed by atoms with Crippen LogP contribution in [0.25, 0.3) is 43.6 Å². The third kappa shape index (κ3) is 19.8. The topological polar surface area (TPSA) is 226 Å². The second-order valence-electron chi connectivity index (χ2n) is 26.1. The monoisotopic (exact) mass is 1650 g/mol. The lowest BCUT2D eigenvalue weighted by atomic mass is 10.1. The Balaban J connectivity index is 0.000000136. The molecule has 117 heavy (non-hydrogen) atoms. The largest absolute Gasteiger partial charge is 0.416 e. The maximum absolute atomic E-state index is 13.4. The second-order valence-corrected chi connectivity index (χ2v) is 27.8. The zero-order valence-electron chi connectivity index (χ0n) is 61.0. The number of rotatable bonds is 16. The normalized spacial score (nSPS) is 11.5. The van der Waals surface area contributed by atoms with E-state index in [2.05, 4.69) is 56.8 Å². The molecular weight excluding hydrogens is 1590 g/mol. The van der Waals surface area contributed by atoms with Crippen molar-refractivity contribution in [3.8, 4) is 0 Å². The van der Waals surface area contributed by atoms with E-state index in [1.165, 1.54) is 53.9 Å². The predicted molar refractivity (Wildman–Crippen MR) is 424 cm³/mol. The summed E-state index contributed by atoms with van der Waals surface area (Å²) >= 11 is 13.5. The number of hydrogen-bond acceptors (Lipinski definition) is 12. The minimum atomic E-state index is -4.42. The zero-order valence-corrected chi connectivity index (χ0v) is 63.3. The average molecular weight is 1660 g/mol.